The lowest BCUT2D eigenvalue weighted by molar-refractivity contribution is 0.0234. The number of hydrogen-bond acceptors (Lipinski definition) is 4. The van der Waals surface area contributed by atoms with Crippen LogP contribution < -0.4 is 10.1 Å². The number of aliphatic hydroxyl groups is 1. The first-order chi connectivity index (χ1) is 12.6. The van der Waals surface area contributed by atoms with E-state index in [4.69, 9.17) is 4.74 Å². The van der Waals surface area contributed by atoms with Gasteiger partial charge in [-0.1, -0.05) is 13.0 Å². The van der Waals surface area contributed by atoms with Crippen LogP contribution in [0.2, 0.25) is 0 Å². The summed E-state index contributed by atoms with van der Waals surface area (Å²) in [6.45, 7) is 4.67. The molecule has 0 radical (unpaired) electrons. The zero-order chi connectivity index (χ0) is 18.3. The van der Waals surface area contributed by atoms with Crippen LogP contribution in [0.4, 0.5) is 0 Å². The maximum Gasteiger partial charge on any atom is 0.272 e. The molecule has 0 unspecified atom stereocenters. The molecule has 6 nitrogen and oxygen atoms in total. The number of fused-ring (bicyclic) bond motifs is 1. The topological polar surface area (TPSA) is 87.2 Å². The first-order valence-electron chi connectivity index (χ1n) is 9.35. The molecule has 1 amide bonds. The third-order valence-electron chi connectivity index (χ3n) is 5.66. The Labute approximate surface area is 153 Å². The summed E-state index contributed by atoms with van der Waals surface area (Å²) in [6, 6.07) is 6.01. The van der Waals surface area contributed by atoms with E-state index < -0.39 is 0 Å². The largest absolute Gasteiger partial charge is 0.493 e. The lowest BCUT2D eigenvalue weighted by Crippen LogP contribution is -2.41. The maximum atomic E-state index is 12.9. The Balaban J connectivity index is 1.59. The number of nitrogens with one attached hydrogen (secondary N) is 2. The van der Waals surface area contributed by atoms with Crippen molar-refractivity contribution in [3.63, 3.8) is 0 Å². The molecule has 3 N–H and O–H groups in total. The van der Waals surface area contributed by atoms with Crippen LogP contribution in [-0.4, -0.2) is 33.9 Å². The van der Waals surface area contributed by atoms with E-state index in [1.165, 1.54) is 5.56 Å². The average Bonchev–Trinajstić information content (AvgIpc) is 3.22. The second-order valence-corrected chi connectivity index (χ2v) is 7.33. The zero-order valence-electron chi connectivity index (χ0n) is 15.2. The van der Waals surface area contributed by atoms with Crippen LogP contribution in [0, 0.1) is 12.8 Å². The van der Waals surface area contributed by atoms with Crippen molar-refractivity contribution in [2.24, 2.45) is 5.92 Å². The molecule has 138 valence electrons. The van der Waals surface area contributed by atoms with Gasteiger partial charge in [-0.05, 0) is 55.4 Å². The second-order valence-electron chi connectivity index (χ2n) is 7.33. The molecule has 1 aliphatic carbocycles. The van der Waals surface area contributed by atoms with E-state index in [0.29, 0.717) is 25.1 Å². The second kappa shape index (κ2) is 6.76. The van der Waals surface area contributed by atoms with Gasteiger partial charge < -0.3 is 15.2 Å². The monoisotopic (exact) mass is 355 g/mol. The molecule has 1 aromatic carbocycles. The predicted molar refractivity (Wildman–Crippen MR) is 97.3 cm³/mol. The molecule has 2 aromatic rings. The van der Waals surface area contributed by atoms with Gasteiger partial charge in [0.05, 0.1) is 18.8 Å². The Kier molecular flexibility index (Phi) is 4.44. The number of aromatic nitrogens is 2. The third-order valence-corrected chi connectivity index (χ3v) is 5.66. The Hall–Kier alpha value is -2.34. The average molecular weight is 355 g/mol. The molecule has 0 saturated heterocycles. The van der Waals surface area contributed by atoms with Crippen molar-refractivity contribution in [2.75, 3.05) is 6.61 Å². The number of aliphatic hydroxyl groups excluding tert-OH is 1. The predicted octanol–water partition coefficient (Wildman–Crippen LogP) is 2.46. The van der Waals surface area contributed by atoms with Crippen molar-refractivity contribution in [1.29, 1.82) is 0 Å². The van der Waals surface area contributed by atoms with Gasteiger partial charge in [-0.25, -0.2) is 0 Å². The van der Waals surface area contributed by atoms with Crippen molar-refractivity contribution >= 4 is 5.91 Å². The number of ether oxygens (including phenoxy) is 1. The lowest BCUT2D eigenvalue weighted by atomic mass is 9.74. The summed E-state index contributed by atoms with van der Waals surface area (Å²) in [5.41, 5.74) is 4.60. The minimum Gasteiger partial charge on any atom is -0.493 e. The summed E-state index contributed by atoms with van der Waals surface area (Å²) in [7, 11) is 0. The van der Waals surface area contributed by atoms with Crippen molar-refractivity contribution in [3.8, 4) is 5.75 Å². The molecule has 2 aliphatic rings. The number of H-pyrrole nitrogens is 1. The van der Waals surface area contributed by atoms with E-state index >= 15 is 0 Å². The highest BCUT2D eigenvalue weighted by molar-refractivity contribution is 5.94. The number of hydrogen-bond donors (Lipinski definition) is 3. The van der Waals surface area contributed by atoms with Gasteiger partial charge in [0.2, 0.25) is 0 Å². The number of aromatic amines is 1. The normalized spacial score (nSPS) is 22.3. The highest BCUT2D eigenvalue weighted by Gasteiger charge is 2.36. The van der Waals surface area contributed by atoms with Gasteiger partial charge in [-0.2, -0.15) is 5.10 Å². The number of carbonyl (C=O) groups is 1. The summed E-state index contributed by atoms with van der Waals surface area (Å²) in [4.78, 5) is 12.9. The van der Waals surface area contributed by atoms with Crippen LogP contribution in [0.15, 0.2) is 18.2 Å². The fraction of sp³-hybridized carbons (Fsp3) is 0.500. The van der Waals surface area contributed by atoms with Gasteiger partial charge in [0.25, 0.3) is 5.91 Å². The highest BCUT2D eigenvalue weighted by atomic mass is 16.5. The summed E-state index contributed by atoms with van der Waals surface area (Å²) in [6.07, 6.45) is 2.86. The molecule has 1 aliphatic heterocycles. The van der Waals surface area contributed by atoms with Gasteiger partial charge in [0.1, 0.15) is 5.75 Å². The molecule has 1 fully saturated rings. The van der Waals surface area contributed by atoms with Crippen LogP contribution in [0.1, 0.15) is 58.7 Å². The number of aryl methyl sites for hydroxylation is 1. The lowest BCUT2D eigenvalue weighted by Gasteiger charge is -2.38. The molecule has 1 aromatic heterocycles. The molecule has 1 atom stereocenters. The fourth-order valence-corrected chi connectivity index (χ4v) is 3.98. The smallest absolute Gasteiger partial charge is 0.272 e. The summed E-state index contributed by atoms with van der Waals surface area (Å²) in [5, 5.41) is 20.1. The minimum atomic E-state index is -0.268. The van der Waals surface area contributed by atoms with Crippen molar-refractivity contribution in [1.82, 2.24) is 15.5 Å². The standard InChI is InChI=1S/C20H25N3O3/c1-3-16-11(2)18(23-22-16)20(25)21-19(14-9-15(24)10-14)13-4-5-17-12(8-13)6-7-26-17/h4-5,8,14-15,19,24H,3,6-7,9-10H2,1-2H3,(H,21,25)(H,22,23)/t14?,15?,19-/m1/s1. The van der Waals surface area contributed by atoms with Gasteiger partial charge >= 0.3 is 0 Å². The van der Waals surface area contributed by atoms with Gasteiger partial charge in [-0.3, -0.25) is 9.89 Å². The Morgan fingerprint density at radius 3 is 2.96 bits per heavy atom. The van der Waals surface area contributed by atoms with E-state index in [1.54, 1.807) is 0 Å². The number of carbonyl (C=O) groups excluding carboxylic acids is 1. The highest BCUT2D eigenvalue weighted by Crippen LogP contribution is 2.40. The van der Waals surface area contributed by atoms with Crippen LogP contribution in [0.3, 0.4) is 0 Å². The van der Waals surface area contributed by atoms with Crippen LogP contribution in [-0.2, 0) is 12.8 Å². The van der Waals surface area contributed by atoms with Crippen molar-refractivity contribution in [3.05, 3.63) is 46.3 Å². The third kappa shape index (κ3) is 2.98. The molecule has 0 bridgehead atoms. The zero-order valence-corrected chi connectivity index (χ0v) is 15.2. The van der Waals surface area contributed by atoms with Crippen molar-refractivity contribution < 1.29 is 14.6 Å². The summed E-state index contributed by atoms with van der Waals surface area (Å²) >= 11 is 0. The molecular formula is C20H25N3O3. The molecule has 4 rings (SSSR count). The van der Waals surface area contributed by atoms with E-state index in [-0.39, 0.29) is 24.0 Å². The van der Waals surface area contributed by atoms with Gasteiger partial charge in [0, 0.05) is 17.7 Å². The molecule has 2 heterocycles. The number of nitrogens with zero attached hydrogens (tertiary/aromatic N) is 1. The summed E-state index contributed by atoms with van der Waals surface area (Å²) < 4.78 is 5.59. The summed E-state index contributed by atoms with van der Waals surface area (Å²) in [5.74, 6) is 1.00. The first-order valence-corrected chi connectivity index (χ1v) is 9.35. The number of benzene rings is 1. The van der Waals surface area contributed by atoms with Crippen LogP contribution in [0.5, 0.6) is 5.75 Å². The molecule has 1 saturated carbocycles. The Morgan fingerprint density at radius 1 is 1.46 bits per heavy atom. The van der Waals surface area contributed by atoms with E-state index in [9.17, 15) is 9.90 Å². The quantitative estimate of drug-likeness (QED) is 0.769. The Bertz CT molecular complexity index is 824. The van der Waals surface area contributed by atoms with Crippen molar-refractivity contribution in [2.45, 2.75) is 51.7 Å². The number of amides is 1. The molecular weight excluding hydrogens is 330 g/mol. The maximum absolute atomic E-state index is 12.9. The fourth-order valence-electron chi connectivity index (χ4n) is 3.98. The number of rotatable bonds is 5. The van der Waals surface area contributed by atoms with Gasteiger partial charge in [0.15, 0.2) is 5.69 Å². The minimum absolute atomic E-state index is 0.127. The SMILES string of the molecule is CCc1[nH]nc(C(=O)N[C@H](c2ccc3c(c2)CCO3)C2CC(O)C2)c1C. The van der Waals surface area contributed by atoms with Crippen LogP contribution >= 0.6 is 0 Å². The van der Waals surface area contributed by atoms with E-state index in [2.05, 4.69) is 21.6 Å². The Morgan fingerprint density at radius 2 is 2.27 bits per heavy atom. The molecule has 6 heteroatoms. The first kappa shape index (κ1) is 17.1. The van der Waals surface area contributed by atoms with E-state index in [0.717, 1.165) is 35.4 Å². The molecule has 0 spiro atoms. The van der Waals surface area contributed by atoms with E-state index in [1.807, 2.05) is 26.0 Å². The van der Waals surface area contributed by atoms with Crippen LogP contribution in [0.25, 0.3) is 0 Å². The van der Waals surface area contributed by atoms with Gasteiger partial charge in [-0.15, -0.1) is 0 Å². The molecule has 26 heavy (non-hydrogen) atoms.